The molecule has 0 aromatic heterocycles. The van der Waals surface area contributed by atoms with Gasteiger partial charge in [0.15, 0.2) is 0 Å². The van der Waals surface area contributed by atoms with Crippen molar-refractivity contribution in [1.29, 1.82) is 0 Å². The van der Waals surface area contributed by atoms with Gasteiger partial charge >= 0.3 is 6.16 Å². The summed E-state index contributed by atoms with van der Waals surface area (Å²) in [6.45, 7) is 0. The number of para-hydroxylation sites is 1. The van der Waals surface area contributed by atoms with Gasteiger partial charge in [-0.1, -0.05) is 18.2 Å². The van der Waals surface area contributed by atoms with E-state index in [1.165, 1.54) is 0 Å². The minimum atomic E-state index is -0.596. The van der Waals surface area contributed by atoms with E-state index in [2.05, 4.69) is 0 Å². The molecule has 1 aliphatic carbocycles. The molecule has 1 fully saturated rings. The van der Waals surface area contributed by atoms with Crippen LogP contribution in [-0.4, -0.2) is 12.3 Å². The third kappa shape index (κ3) is 2.25. The Balaban J connectivity index is 1.82. The molecule has 0 heterocycles. The molecule has 0 spiro atoms. The van der Waals surface area contributed by atoms with Gasteiger partial charge in [-0.25, -0.2) is 4.79 Å². The van der Waals surface area contributed by atoms with Crippen LogP contribution in [0.3, 0.4) is 0 Å². The van der Waals surface area contributed by atoms with Gasteiger partial charge in [0.05, 0.1) is 0 Å². The van der Waals surface area contributed by atoms with Crippen LogP contribution in [-0.2, 0) is 4.74 Å². The average Bonchev–Trinajstić information content (AvgIpc) is 2.13. The van der Waals surface area contributed by atoms with E-state index < -0.39 is 6.16 Å². The Morgan fingerprint density at radius 3 is 2.50 bits per heavy atom. The topological polar surface area (TPSA) is 35.5 Å². The summed E-state index contributed by atoms with van der Waals surface area (Å²) >= 11 is 0. The van der Waals surface area contributed by atoms with Gasteiger partial charge in [0, 0.05) is 0 Å². The van der Waals surface area contributed by atoms with E-state index >= 15 is 0 Å². The lowest BCUT2D eigenvalue weighted by Crippen LogP contribution is -2.26. The highest BCUT2D eigenvalue weighted by molar-refractivity contribution is 5.63. The molecule has 74 valence electrons. The molecule has 14 heavy (non-hydrogen) atoms. The van der Waals surface area contributed by atoms with Gasteiger partial charge in [-0.15, -0.1) is 0 Å². The van der Waals surface area contributed by atoms with Crippen LogP contribution in [0.25, 0.3) is 0 Å². The highest BCUT2D eigenvalue weighted by atomic mass is 16.7. The number of benzene rings is 1. The quantitative estimate of drug-likeness (QED) is 0.534. The van der Waals surface area contributed by atoms with E-state index in [4.69, 9.17) is 9.47 Å². The molecule has 0 N–H and O–H groups in total. The first-order chi connectivity index (χ1) is 6.84. The van der Waals surface area contributed by atoms with Crippen LogP contribution < -0.4 is 4.74 Å². The van der Waals surface area contributed by atoms with Crippen LogP contribution in [0.15, 0.2) is 30.3 Å². The number of carbonyl (C=O) groups excluding carboxylic acids is 1. The summed E-state index contributed by atoms with van der Waals surface area (Å²) in [5.41, 5.74) is 0. The van der Waals surface area contributed by atoms with E-state index in [9.17, 15) is 4.79 Å². The van der Waals surface area contributed by atoms with E-state index in [1.54, 1.807) is 12.1 Å². The fourth-order valence-corrected chi connectivity index (χ4v) is 1.23. The second-order valence-corrected chi connectivity index (χ2v) is 3.34. The molecular formula is C11H12O3. The molecule has 2 rings (SSSR count). The van der Waals surface area contributed by atoms with Crippen molar-refractivity contribution >= 4 is 6.16 Å². The van der Waals surface area contributed by atoms with Crippen molar-refractivity contribution in [1.82, 2.24) is 0 Å². The predicted molar refractivity (Wildman–Crippen MR) is 51.2 cm³/mol. The smallest absolute Gasteiger partial charge is 0.431 e. The highest BCUT2D eigenvalue weighted by Gasteiger charge is 2.22. The lowest BCUT2D eigenvalue weighted by atomic mass is 9.96. The molecule has 1 aromatic rings. The van der Waals surface area contributed by atoms with Gasteiger partial charge in [-0.2, -0.15) is 0 Å². The standard InChI is InChI=1S/C11H12O3/c12-11(14-10-7-4-8-10)13-9-5-2-1-3-6-9/h1-3,5-6,10H,4,7-8H2. The first-order valence-electron chi connectivity index (χ1n) is 4.78. The minimum absolute atomic E-state index is 0.0752. The Bertz CT molecular complexity index is 304. The first-order valence-corrected chi connectivity index (χ1v) is 4.78. The molecule has 3 heteroatoms. The lowest BCUT2D eigenvalue weighted by Gasteiger charge is -2.24. The third-order valence-electron chi connectivity index (χ3n) is 2.26. The fourth-order valence-electron chi connectivity index (χ4n) is 1.23. The van der Waals surface area contributed by atoms with Gasteiger partial charge in [-0.05, 0) is 31.4 Å². The minimum Gasteiger partial charge on any atom is -0.431 e. The number of ether oxygens (including phenoxy) is 2. The average molecular weight is 192 g/mol. The Labute approximate surface area is 82.6 Å². The van der Waals surface area contributed by atoms with Crippen molar-refractivity contribution in [2.75, 3.05) is 0 Å². The van der Waals surface area contributed by atoms with Crippen molar-refractivity contribution < 1.29 is 14.3 Å². The molecule has 0 saturated heterocycles. The van der Waals surface area contributed by atoms with E-state index in [0.29, 0.717) is 5.75 Å². The van der Waals surface area contributed by atoms with Crippen molar-refractivity contribution in [2.24, 2.45) is 0 Å². The maximum absolute atomic E-state index is 11.2. The Morgan fingerprint density at radius 1 is 1.21 bits per heavy atom. The van der Waals surface area contributed by atoms with E-state index in [0.717, 1.165) is 19.3 Å². The summed E-state index contributed by atoms with van der Waals surface area (Å²) in [5, 5.41) is 0. The second-order valence-electron chi connectivity index (χ2n) is 3.34. The molecule has 3 nitrogen and oxygen atoms in total. The van der Waals surface area contributed by atoms with Gasteiger partial charge in [0.2, 0.25) is 0 Å². The van der Waals surface area contributed by atoms with Crippen LogP contribution in [0, 0.1) is 0 Å². The van der Waals surface area contributed by atoms with Crippen molar-refractivity contribution in [3.8, 4) is 5.75 Å². The van der Waals surface area contributed by atoms with Gasteiger partial charge in [0.25, 0.3) is 0 Å². The summed E-state index contributed by atoms with van der Waals surface area (Å²) in [6.07, 6.45) is 2.55. The summed E-state index contributed by atoms with van der Waals surface area (Å²) in [4.78, 5) is 11.2. The van der Waals surface area contributed by atoms with Crippen LogP contribution >= 0.6 is 0 Å². The highest BCUT2D eigenvalue weighted by Crippen LogP contribution is 2.22. The monoisotopic (exact) mass is 192 g/mol. The van der Waals surface area contributed by atoms with E-state index in [1.807, 2.05) is 18.2 Å². The van der Waals surface area contributed by atoms with Crippen molar-refractivity contribution in [3.63, 3.8) is 0 Å². The number of hydrogen-bond donors (Lipinski definition) is 0. The molecule has 1 aliphatic rings. The van der Waals surface area contributed by atoms with Crippen LogP contribution in [0.2, 0.25) is 0 Å². The molecule has 0 amide bonds. The normalized spacial score (nSPS) is 15.7. The summed E-state index contributed by atoms with van der Waals surface area (Å²) < 4.78 is 9.99. The van der Waals surface area contributed by atoms with Crippen molar-refractivity contribution in [3.05, 3.63) is 30.3 Å². The zero-order valence-electron chi connectivity index (χ0n) is 7.81. The molecule has 0 atom stereocenters. The SMILES string of the molecule is O=C(Oc1ccccc1)OC1CCC1. The van der Waals surface area contributed by atoms with Gasteiger partial charge < -0.3 is 9.47 Å². The third-order valence-corrected chi connectivity index (χ3v) is 2.26. The summed E-state index contributed by atoms with van der Waals surface area (Å²) in [7, 11) is 0. The Kier molecular flexibility index (Phi) is 2.68. The maximum Gasteiger partial charge on any atom is 0.514 e. The maximum atomic E-state index is 11.2. The van der Waals surface area contributed by atoms with Crippen molar-refractivity contribution in [2.45, 2.75) is 25.4 Å². The number of hydrogen-bond acceptors (Lipinski definition) is 3. The first kappa shape index (κ1) is 9.06. The Morgan fingerprint density at radius 2 is 1.93 bits per heavy atom. The zero-order chi connectivity index (χ0) is 9.80. The largest absolute Gasteiger partial charge is 0.514 e. The molecular weight excluding hydrogens is 180 g/mol. The van der Waals surface area contributed by atoms with Gasteiger partial charge in [-0.3, -0.25) is 0 Å². The molecule has 1 aromatic carbocycles. The van der Waals surface area contributed by atoms with Crippen LogP contribution in [0.1, 0.15) is 19.3 Å². The van der Waals surface area contributed by atoms with Crippen LogP contribution in [0.5, 0.6) is 5.75 Å². The number of carbonyl (C=O) groups is 1. The van der Waals surface area contributed by atoms with E-state index in [-0.39, 0.29) is 6.10 Å². The molecule has 0 aliphatic heterocycles. The molecule has 0 bridgehead atoms. The lowest BCUT2D eigenvalue weighted by molar-refractivity contribution is 0.0227. The number of rotatable bonds is 2. The second kappa shape index (κ2) is 4.13. The fraction of sp³-hybridized carbons (Fsp3) is 0.364. The molecule has 1 saturated carbocycles. The van der Waals surface area contributed by atoms with Crippen LogP contribution in [0.4, 0.5) is 4.79 Å². The van der Waals surface area contributed by atoms with Gasteiger partial charge in [0.1, 0.15) is 11.9 Å². The Hall–Kier alpha value is -1.51. The molecule has 0 unspecified atom stereocenters. The molecule has 0 radical (unpaired) electrons. The zero-order valence-corrected chi connectivity index (χ0v) is 7.81. The summed E-state index contributed by atoms with van der Waals surface area (Å²) in [6, 6.07) is 8.94. The predicted octanol–water partition coefficient (Wildman–Crippen LogP) is 2.75. The summed E-state index contributed by atoms with van der Waals surface area (Å²) in [5.74, 6) is 0.525.